The summed E-state index contributed by atoms with van der Waals surface area (Å²) in [4.78, 5) is 11.0. The van der Waals surface area contributed by atoms with Gasteiger partial charge in [0.25, 0.3) is 0 Å². The molecule has 1 amide bonds. The average molecular weight is 191 g/mol. The van der Waals surface area contributed by atoms with Gasteiger partial charge in [-0.05, 0) is 19.4 Å². The molecule has 1 atom stereocenters. The number of alkyl carbamates (subject to hydrolysis) is 1. The van der Waals surface area contributed by atoms with Crippen molar-refractivity contribution in [2.24, 2.45) is 0 Å². The molecule has 1 saturated heterocycles. The molecule has 1 heterocycles. The minimum atomic E-state index is -0.372. The Bertz CT molecular complexity index is 375. The molecule has 1 aromatic rings. The molecule has 0 bridgehead atoms. The van der Waals surface area contributed by atoms with Crippen molar-refractivity contribution in [2.75, 3.05) is 6.61 Å². The Morgan fingerprint density at radius 1 is 1.50 bits per heavy atom. The zero-order valence-electron chi connectivity index (χ0n) is 8.33. The molecule has 1 unspecified atom stereocenters. The topological polar surface area (TPSA) is 38.3 Å². The van der Waals surface area contributed by atoms with Crippen molar-refractivity contribution in [3.8, 4) is 0 Å². The van der Waals surface area contributed by atoms with Crippen LogP contribution in [-0.2, 0) is 10.3 Å². The highest BCUT2D eigenvalue weighted by atomic mass is 16.6. The molecule has 0 aliphatic carbocycles. The monoisotopic (exact) mass is 191 g/mol. The third kappa shape index (κ3) is 1.45. The first kappa shape index (κ1) is 9.06. The highest BCUT2D eigenvalue weighted by Crippen LogP contribution is 2.25. The molecule has 1 aliphatic heterocycles. The van der Waals surface area contributed by atoms with Crippen LogP contribution >= 0.6 is 0 Å². The third-order valence-electron chi connectivity index (χ3n) is 2.53. The van der Waals surface area contributed by atoms with Crippen molar-refractivity contribution in [3.05, 3.63) is 35.4 Å². The molecule has 0 radical (unpaired) electrons. The van der Waals surface area contributed by atoms with Crippen molar-refractivity contribution in [1.29, 1.82) is 0 Å². The normalized spacial score (nSPS) is 25.7. The van der Waals surface area contributed by atoms with E-state index in [1.165, 1.54) is 5.56 Å². The van der Waals surface area contributed by atoms with Gasteiger partial charge >= 0.3 is 6.09 Å². The van der Waals surface area contributed by atoms with E-state index in [0.717, 1.165) is 5.56 Å². The summed E-state index contributed by atoms with van der Waals surface area (Å²) in [6, 6.07) is 8.09. The zero-order valence-corrected chi connectivity index (χ0v) is 8.33. The minimum Gasteiger partial charge on any atom is -0.447 e. The largest absolute Gasteiger partial charge is 0.447 e. The highest BCUT2D eigenvalue weighted by molar-refractivity contribution is 5.71. The number of amides is 1. The predicted octanol–water partition coefficient (Wildman–Crippen LogP) is 1.95. The molecule has 3 heteroatoms. The van der Waals surface area contributed by atoms with Crippen LogP contribution in [0.15, 0.2) is 24.3 Å². The number of carbonyl (C=O) groups excluding carboxylic acids is 1. The molecular weight excluding hydrogens is 178 g/mol. The molecule has 0 aromatic heterocycles. The lowest BCUT2D eigenvalue weighted by Gasteiger charge is -2.21. The molecule has 14 heavy (non-hydrogen) atoms. The maximum absolute atomic E-state index is 11.0. The second-order valence-corrected chi connectivity index (χ2v) is 3.90. The molecular formula is C11H13NO2. The second-order valence-electron chi connectivity index (χ2n) is 3.90. The molecule has 3 nitrogen and oxygen atoms in total. The van der Waals surface area contributed by atoms with Gasteiger partial charge in [-0.2, -0.15) is 0 Å². The Balaban J connectivity index is 2.34. The summed E-state index contributed by atoms with van der Waals surface area (Å²) < 4.78 is 4.91. The third-order valence-corrected chi connectivity index (χ3v) is 2.53. The number of hydrogen-bond acceptors (Lipinski definition) is 2. The van der Waals surface area contributed by atoms with E-state index in [9.17, 15) is 4.79 Å². The summed E-state index contributed by atoms with van der Waals surface area (Å²) in [5.41, 5.74) is 1.90. The Labute approximate surface area is 83.1 Å². The standard InChI is InChI=1S/C11H13NO2/c1-8-4-3-5-9(6-8)11(2)7-14-10(13)12-11/h3-6H,7H2,1-2H3,(H,12,13). The summed E-state index contributed by atoms with van der Waals surface area (Å²) in [6.07, 6.45) is -0.339. The summed E-state index contributed by atoms with van der Waals surface area (Å²) in [6.45, 7) is 4.40. The zero-order chi connectivity index (χ0) is 10.2. The quantitative estimate of drug-likeness (QED) is 0.736. The number of nitrogens with one attached hydrogen (secondary N) is 1. The van der Waals surface area contributed by atoms with Gasteiger partial charge in [-0.3, -0.25) is 0 Å². The average Bonchev–Trinajstić information content (AvgIpc) is 2.48. The molecule has 1 aliphatic rings. The maximum Gasteiger partial charge on any atom is 0.408 e. The van der Waals surface area contributed by atoms with Crippen LogP contribution in [0.1, 0.15) is 18.1 Å². The second kappa shape index (κ2) is 3.01. The van der Waals surface area contributed by atoms with Gasteiger partial charge in [0.15, 0.2) is 0 Å². The Kier molecular flexibility index (Phi) is 1.95. The van der Waals surface area contributed by atoms with E-state index >= 15 is 0 Å². The molecule has 0 saturated carbocycles. The molecule has 2 rings (SSSR count). The van der Waals surface area contributed by atoms with Gasteiger partial charge in [-0.15, -0.1) is 0 Å². The summed E-state index contributed by atoms with van der Waals surface area (Å²) in [7, 11) is 0. The van der Waals surface area contributed by atoms with Crippen LogP contribution < -0.4 is 5.32 Å². The van der Waals surface area contributed by atoms with Crippen LogP contribution in [0.4, 0.5) is 4.79 Å². The Hall–Kier alpha value is -1.51. The van der Waals surface area contributed by atoms with Crippen molar-refractivity contribution < 1.29 is 9.53 Å². The number of cyclic esters (lactones) is 1. The molecule has 1 aromatic carbocycles. The van der Waals surface area contributed by atoms with Gasteiger partial charge < -0.3 is 10.1 Å². The first-order valence-corrected chi connectivity index (χ1v) is 4.62. The van der Waals surface area contributed by atoms with Gasteiger partial charge in [-0.25, -0.2) is 4.79 Å². The highest BCUT2D eigenvalue weighted by Gasteiger charge is 2.36. The lowest BCUT2D eigenvalue weighted by atomic mass is 9.93. The van der Waals surface area contributed by atoms with E-state index in [1.54, 1.807) is 0 Å². The fourth-order valence-corrected chi connectivity index (χ4v) is 1.65. The minimum absolute atomic E-state index is 0.339. The summed E-state index contributed by atoms with van der Waals surface area (Å²) in [5.74, 6) is 0. The lowest BCUT2D eigenvalue weighted by molar-refractivity contribution is 0.173. The van der Waals surface area contributed by atoms with Gasteiger partial charge in [0.2, 0.25) is 0 Å². The van der Waals surface area contributed by atoms with Crippen LogP contribution in [-0.4, -0.2) is 12.7 Å². The van der Waals surface area contributed by atoms with E-state index in [1.807, 2.05) is 32.0 Å². The van der Waals surface area contributed by atoms with Crippen molar-refractivity contribution in [2.45, 2.75) is 19.4 Å². The molecule has 1 fully saturated rings. The number of rotatable bonds is 1. The van der Waals surface area contributed by atoms with Crippen LogP contribution in [0.25, 0.3) is 0 Å². The fourth-order valence-electron chi connectivity index (χ4n) is 1.65. The van der Waals surface area contributed by atoms with Crippen LogP contribution in [0.2, 0.25) is 0 Å². The Morgan fingerprint density at radius 3 is 2.86 bits per heavy atom. The molecule has 74 valence electrons. The first-order chi connectivity index (χ1) is 6.60. The van der Waals surface area contributed by atoms with E-state index in [-0.39, 0.29) is 11.6 Å². The number of aryl methyl sites for hydroxylation is 1. The van der Waals surface area contributed by atoms with Crippen LogP contribution in [0, 0.1) is 6.92 Å². The van der Waals surface area contributed by atoms with Crippen LogP contribution in [0.5, 0.6) is 0 Å². The van der Waals surface area contributed by atoms with Gasteiger partial charge in [-0.1, -0.05) is 29.8 Å². The first-order valence-electron chi connectivity index (χ1n) is 4.62. The van der Waals surface area contributed by atoms with E-state index in [4.69, 9.17) is 4.74 Å². The number of carbonyl (C=O) groups is 1. The number of hydrogen-bond donors (Lipinski definition) is 1. The lowest BCUT2D eigenvalue weighted by Crippen LogP contribution is -2.37. The van der Waals surface area contributed by atoms with E-state index < -0.39 is 0 Å². The van der Waals surface area contributed by atoms with Gasteiger partial charge in [0.1, 0.15) is 6.61 Å². The SMILES string of the molecule is Cc1cccc(C2(C)COC(=O)N2)c1. The van der Waals surface area contributed by atoms with Crippen molar-refractivity contribution in [1.82, 2.24) is 5.32 Å². The number of ether oxygens (including phenoxy) is 1. The predicted molar refractivity (Wildman–Crippen MR) is 53.0 cm³/mol. The van der Waals surface area contributed by atoms with Crippen LogP contribution in [0.3, 0.4) is 0 Å². The van der Waals surface area contributed by atoms with Gasteiger partial charge in [0, 0.05) is 0 Å². The van der Waals surface area contributed by atoms with Crippen molar-refractivity contribution in [3.63, 3.8) is 0 Å². The summed E-state index contributed by atoms with van der Waals surface area (Å²) in [5, 5.41) is 2.81. The van der Waals surface area contributed by atoms with Gasteiger partial charge in [0.05, 0.1) is 5.54 Å². The fraction of sp³-hybridized carbons (Fsp3) is 0.364. The maximum atomic E-state index is 11.0. The van der Waals surface area contributed by atoms with Crippen molar-refractivity contribution >= 4 is 6.09 Å². The van der Waals surface area contributed by atoms with E-state index in [0.29, 0.717) is 6.61 Å². The molecule has 0 spiro atoms. The Morgan fingerprint density at radius 2 is 2.29 bits per heavy atom. The summed E-state index contributed by atoms with van der Waals surface area (Å²) >= 11 is 0. The van der Waals surface area contributed by atoms with E-state index in [2.05, 4.69) is 11.4 Å². The number of benzene rings is 1. The molecule has 1 N–H and O–H groups in total. The smallest absolute Gasteiger partial charge is 0.408 e.